The Labute approximate surface area is 126 Å². The number of primary sulfonamides is 1. The van der Waals surface area contributed by atoms with Gasteiger partial charge in [-0.25, -0.2) is 18.4 Å². The summed E-state index contributed by atoms with van der Waals surface area (Å²) in [5, 5.41) is 10.6. The lowest BCUT2D eigenvalue weighted by Crippen LogP contribution is -2.36. The molecular weight excluding hydrogens is 346 g/mol. The molecule has 0 unspecified atom stereocenters. The fraction of sp³-hybridized carbons (Fsp3) is 0.417. The number of urea groups is 1. The molecule has 1 saturated carbocycles. The van der Waals surface area contributed by atoms with Gasteiger partial charge in [0.05, 0.1) is 10.6 Å². The molecule has 0 radical (unpaired) electrons. The van der Waals surface area contributed by atoms with E-state index >= 15 is 0 Å². The number of sulfonamides is 1. The number of hydrogen-bond acceptors (Lipinski definition) is 3. The van der Waals surface area contributed by atoms with Crippen molar-refractivity contribution < 1.29 is 13.2 Å². The maximum absolute atomic E-state index is 11.8. The molecular formula is C12H16BrN3O3S. The van der Waals surface area contributed by atoms with Crippen molar-refractivity contribution >= 4 is 37.7 Å². The standard InChI is InChI=1S/C12H16BrN3O3S/c13-10-7-9(20(14,18)19)5-6-11(10)16-12(17)15-8-3-1-2-4-8/h5-8H,1-4H2,(H2,14,18,19)(H2,15,16,17). The molecule has 110 valence electrons. The zero-order valence-corrected chi connectivity index (χ0v) is 13.1. The number of amides is 2. The quantitative estimate of drug-likeness (QED) is 0.768. The van der Waals surface area contributed by atoms with Crippen LogP contribution < -0.4 is 15.8 Å². The van der Waals surface area contributed by atoms with Gasteiger partial charge in [0.1, 0.15) is 0 Å². The van der Waals surface area contributed by atoms with E-state index in [0.29, 0.717) is 10.2 Å². The molecule has 0 bridgehead atoms. The van der Waals surface area contributed by atoms with Gasteiger partial charge in [-0.2, -0.15) is 0 Å². The third-order valence-corrected chi connectivity index (χ3v) is 4.77. The Morgan fingerprint density at radius 1 is 1.30 bits per heavy atom. The fourth-order valence-corrected chi connectivity index (χ4v) is 3.36. The van der Waals surface area contributed by atoms with Gasteiger partial charge in [0.2, 0.25) is 10.0 Å². The number of nitrogens with one attached hydrogen (secondary N) is 2. The van der Waals surface area contributed by atoms with Crippen LogP contribution in [0, 0.1) is 0 Å². The van der Waals surface area contributed by atoms with Gasteiger partial charge >= 0.3 is 6.03 Å². The van der Waals surface area contributed by atoms with Gasteiger partial charge < -0.3 is 10.6 Å². The Morgan fingerprint density at radius 2 is 1.95 bits per heavy atom. The Balaban J connectivity index is 2.04. The van der Waals surface area contributed by atoms with E-state index in [4.69, 9.17) is 5.14 Å². The van der Waals surface area contributed by atoms with E-state index in [1.165, 1.54) is 18.2 Å². The lowest BCUT2D eigenvalue weighted by molar-refractivity contribution is 0.248. The molecule has 0 atom stereocenters. The molecule has 0 aromatic heterocycles. The van der Waals surface area contributed by atoms with Crippen LogP contribution in [0.15, 0.2) is 27.6 Å². The number of carbonyl (C=O) groups excluding carboxylic acids is 1. The van der Waals surface area contributed by atoms with Crippen molar-refractivity contribution in [1.82, 2.24) is 5.32 Å². The molecule has 1 fully saturated rings. The lowest BCUT2D eigenvalue weighted by Gasteiger charge is -2.14. The Morgan fingerprint density at radius 3 is 2.50 bits per heavy atom. The summed E-state index contributed by atoms with van der Waals surface area (Å²) in [6.45, 7) is 0. The predicted molar refractivity (Wildman–Crippen MR) is 79.9 cm³/mol. The van der Waals surface area contributed by atoms with Crippen molar-refractivity contribution in [3.63, 3.8) is 0 Å². The molecule has 0 heterocycles. The van der Waals surface area contributed by atoms with E-state index in [2.05, 4.69) is 26.6 Å². The third kappa shape index (κ3) is 3.94. The minimum absolute atomic E-state index is 0.00822. The highest BCUT2D eigenvalue weighted by atomic mass is 79.9. The van der Waals surface area contributed by atoms with Crippen molar-refractivity contribution in [2.24, 2.45) is 5.14 Å². The van der Waals surface area contributed by atoms with Gasteiger partial charge in [0.15, 0.2) is 0 Å². The molecule has 0 aliphatic heterocycles. The van der Waals surface area contributed by atoms with E-state index in [0.717, 1.165) is 25.7 Å². The van der Waals surface area contributed by atoms with Crippen LogP contribution in [0.1, 0.15) is 25.7 Å². The number of rotatable bonds is 3. The lowest BCUT2D eigenvalue weighted by atomic mass is 10.2. The van der Waals surface area contributed by atoms with Crippen LogP contribution in [-0.2, 0) is 10.0 Å². The maximum atomic E-state index is 11.8. The monoisotopic (exact) mass is 361 g/mol. The molecule has 1 aliphatic carbocycles. The summed E-state index contributed by atoms with van der Waals surface area (Å²) in [6, 6.07) is 4.14. The van der Waals surface area contributed by atoms with Crippen LogP contribution in [0.2, 0.25) is 0 Å². The summed E-state index contributed by atoms with van der Waals surface area (Å²) in [6.07, 6.45) is 4.27. The molecule has 2 amide bonds. The van der Waals surface area contributed by atoms with Crippen molar-refractivity contribution in [3.8, 4) is 0 Å². The molecule has 8 heteroatoms. The Hall–Kier alpha value is -1.12. The molecule has 0 spiro atoms. The number of benzene rings is 1. The minimum Gasteiger partial charge on any atom is -0.335 e. The summed E-state index contributed by atoms with van der Waals surface area (Å²) in [7, 11) is -3.75. The highest BCUT2D eigenvalue weighted by Crippen LogP contribution is 2.25. The highest BCUT2D eigenvalue weighted by molar-refractivity contribution is 9.10. The van der Waals surface area contributed by atoms with E-state index in [1.54, 1.807) is 0 Å². The minimum atomic E-state index is -3.75. The van der Waals surface area contributed by atoms with Crippen molar-refractivity contribution in [2.75, 3.05) is 5.32 Å². The normalized spacial score (nSPS) is 16.1. The Bertz CT molecular complexity index is 612. The fourth-order valence-electron chi connectivity index (χ4n) is 2.19. The van der Waals surface area contributed by atoms with Crippen LogP contribution in [0.5, 0.6) is 0 Å². The summed E-state index contributed by atoms with van der Waals surface area (Å²) in [4.78, 5) is 11.8. The zero-order valence-electron chi connectivity index (χ0n) is 10.7. The van der Waals surface area contributed by atoms with Crippen LogP contribution in [0.25, 0.3) is 0 Å². The van der Waals surface area contributed by atoms with E-state index in [9.17, 15) is 13.2 Å². The number of hydrogen-bond donors (Lipinski definition) is 3. The number of anilines is 1. The summed E-state index contributed by atoms with van der Waals surface area (Å²) >= 11 is 3.22. The average Bonchev–Trinajstić information content (AvgIpc) is 2.83. The average molecular weight is 362 g/mol. The molecule has 1 aromatic rings. The largest absolute Gasteiger partial charge is 0.335 e. The van der Waals surface area contributed by atoms with Gasteiger partial charge in [0, 0.05) is 10.5 Å². The molecule has 1 aromatic carbocycles. The van der Waals surface area contributed by atoms with Crippen LogP contribution in [0.4, 0.5) is 10.5 Å². The maximum Gasteiger partial charge on any atom is 0.319 e. The van der Waals surface area contributed by atoms with Crippen molar-refractivity contribution in [2.45, 2.75) is 36.6 Å². The van der Waals surface area contributed by atoms with Gasteiger partial charge in [0.25, 0.3) is 0 Å². The first-order valence-electron chi connectivity index (χ1n) is 6.26. The molecule has 1 aliphatic rings. The van der Waals surface area contributed by atoms with Crippen LogP contribution in [-0.4, -0.2) is 20.5 Å². The number of carbonyl (C=O) groups is 1. The number of nitrogens with two attached hydrogens (primary N) is 1. The first-order valence-corrected chi connectivity index (χ1v) is 8.60. The molecule has 4 N–H and O–H groups in total. The Kier molecular flexibility index (Phi) is 4.66. The zero-order chi connectivity index (χ0) is 14.8. The third-order valence-electron chi connectivity index (χ3n) is 3.21. The van der Waals surface area contributed by atoms with Crippen molar-refractivity contribution in [1.29, 1.82) is 0 Å². The summed E-state index contributed by atoms with van der Waals surface area (Å²) in [5.74, 6) is 0. The van der Waals surface area contributed by atoms with Crippen molar-refractivity contribution in [3.05, 3.63) is 22.7 Å². The first kappa shape index (κ1) is 15.3. The van der Waals surface area contributed by atoms with Gasteiger partial charge in [-0.3, -0.25) is 0 Å². The summed E-state index contributed by atoms with van der Waals surface area (Å²) < 4.78 is 22.9. The summed E-state index contributed by atoms with van der Waals surface area (Å²) in [5.41, 5.74) is 0.493. The van der Waals surface area contributed by atoms with E-state index in [-0.39, 0.29) is 17.0 Å². The first-order chi connectivity index (χ1) is 9.36. The second-order valence-corrected chi connectivity index (χ2v) is 7.18. The highest BCUT2D eigenvalue weighted by Gasteiger charge is 2.18. The number of halogens is 1. The molecule has 6 nitrogen and oxygen atoms in total. The van der Waals surface area contributed by atoms with Gasteiger partial charge in [-0.15, -0.1) is 0 Å². The van der Waals surface area contributed by atoms with Crippen LogP contribution >= 0.6 is 15.9 Å². The van der Waals surface area contributed by atoms with Gasteiger partial charge in [-0.1, -0.05) is 12.8 Å². The molecule has 20 heavy (non-hydrogen) atoms. The molecule has 2 rings (SSSR count). The van der Waals surface area contributed by atoms with Gasteiger partial charge in [-0.05, 0) is 47.0 Å². The predicted octanol–water partition coefficient (Wildman–Crippen LogP) is 2.16. The molecule has 0 saturated heterocycles. The second kappa shape index (κ2) is 6.11. The van der Waals surface area contributed by atoms with E-state index in [1.807, 2.05) is 0 Å². The van der Waals surface area contributed by atoms with Crippen LogP contribution in [0.3, 0.4) is 0 Å². The SMILES string of the molecule is NS(=O)(=O)c1ccc(NC(=O)NC2CCCC2)c(Br)c1. The second-order valence-electron chi connectivity index (χ2n) is 4.77. The smallest absolute Gasteiger partial charge is 0.319 e. The topological polar surface area (TPSA) is 101 Å². The van der Waals surface area contributed by atoms with E-state index < -0.39 is 10.0 Å².